The summed E-state index contributed by atoms with van der Waals surface area (Å²) in [4.78, 5) is 26.1. The van der Waals surface area contributed by atoms with E-state index in [-0.39, 0.29) is 31.9 Å². The summed E-state index contributed by atoms with van der Waals surface area (Å²) in [6.07, 6.45) is 1.75. The predicted octanol–water partition coefficient (Wildman–Crippen LogP) is 4.60. The lowest BCUT2D eigenvalue weighted by atomic mass is 10.1. The van der Waals surface area contributed by atoms with Gasteiger partial charge in [0, 0.05) is 12.6 Å². The summed E-state index contributed by atoms with van der Waals surface area (Å²) in [6, 6.07) is 14.3. The molecule has 0 aliphatic carbocycles. The Hall–Kier alpha value is -2.70. The Morgan fingerprint density at radius 3 is 2.47 bits per heavy atom. The Kier molecular flexibility index (Phi) is 9.25. The molecule has 2 unspecified atom stereocenters. The van der Waals surface area contributed by atoms with Crippen molar-refractivity contribution < 1.29 is 32.9 Å². The number of aliphatic carboxylic acids is 1. The zero-order valence-electron chi connectivity index (χ0n) is 19.3. The fourth-order valence-corrected chi connectivity index (χ4v) is 6.29. The molecule has 2 aromatic rings. The monoisotopic (exact) mass is 491 g/mol. The molecule has 1 aliphatic heterocycles. The quantitative estimate of drug-likeness (QED) is 0.345. The van der Waals surface area contributed by atoms with E-state index in [2.05, 4.69) is 0 Å². The van der Waals surface area contributed by atoms with Gasteiger partial charge in [-0.05, 0) is 56.0 Å². The minimum Gasteiger partial charge on any atom is -0.488 e. The van der Waals surface area contributed by atoms with Crippen molar-refractivity contribution in [3.05, 3.63) is 66.0 Å². The summed E-state index contributed by atoms with van der Waals surface area (Å²) in [5, 5.41) is 9.64. The van der Waals surface area contributed by atoms with Gasteiger partial charge in [0.1, 0.15) is 29.9 Å². The zero-order valence-corrected chi connectivity index (χ0v) is 20.2. The standard InChI is InChI=1S/C25H31FNO6P/c1-2-32-34(31,15-7-6-10-19-8-4-3-5-9-19)18-24(28)27-17-22(16-23(27)25(29)30)33-21-13-11-20(26)12-14-21/h3-5,8-9,11-14,22-23H,2,6-7,10,15-18H2,1H3,(H,29,30)/t22?,23-,34?/m0/s1. The van der Waals surface area contributed by atoms with Gasteiger partial charge < -0.3 is 19.3 Å². The van der Waals surface area contributed by atoms with Crippen LogP contribution in [0.25, 0.3) is 0 Å². The number of halogens is 1. The molecule has 1 saturated heterocycles. The summed E-state index contributed by atoms with van der Waals surface area (Å²) in [6.45, 7) is 1.98. The van der Waals surface area contributed by atoms with Crippen molar-refractivity contribution in [3.8, 4) is 5.75 Å². The fraction of sp³-hybridized carbons (Fsp3) is 0.440. The van der Waals surface area contributed by atoms with Gasteiger partial charge in [0.05, 0.1) is 13.2 Å². The molecule has 2 aromatic carbocycles. The number of carbonyl (C=O) groups excluding carboxylic acids is 1. The molecule has 34 heavy (non-hydrogen) atoms. The van der Waals surface area contributed by atoms with Crippen molar-refractivity contribution in [2.24, 2.45) is 0 Å². The van der Waals surface area contributed by atoms with Crippen molar-refractivity contribution in [1.82, 2.24) is 4.90 Å². The number of ether oxygens (including phenoxy) is 1. The zero-order chi connectivity index (χ0) is 24.6. The van der Waals surface area contributed by atoms with Crippen LogP contribution in [0.5, 0.6) is 5.75 Å². The van der Waals surface area contributed by atoms with Crippen molar-refractivity contribution in [2.75, 3.05) is 25.5 Å². The number of unbranched alkanes of at least 4 members (excludes halogenated alkanes) is 1. The van der Waals surface area contributed by atoms with Gasteiger partial charge in [0.2, 0.25) is 13.3 Å². The van der Waals surface area contributed by atoms with E-state index in [1.54, 1.807) is 6.92 Å². The van der Waals surface area contributed by atoms with Crippen LogP contribution in [0.15, 0.2) is 54.6 Å². The minimum absolute atomic E-state index is 0.0489. The average molecular weight is 491 g/mol. The second-order valence-electron chi connectivity index (χ2n) is 8.39. The number of carbonyl (C=O) groups is 2. The minimum atomic E-state index is -3.26. The molecular formula is C25H31FNO6P. The molecule has 7 nitrogen and oxygen atoms in total. The molecule has 1 heterocycles. The van der Waals surface area contributed by atoms with Crippen LogP contribution in [0.4, 0.5) is 4.39 Å². The third-order valence-corrected chi connectivity index (χ3v) is 8.26. The highest BCUT2D eigenvalue weighted by molar-refractivity contribution is 7.59. The molecule has 0 saturated carbocycles. The number of amides is 1. The molecule has 0 spiro atoms. The Morgan fingerprint density at radius 1 is 1.12 bits per heavy atom. The molecule has 9 heteroatoms. The van der Waals surface area contributed by atoms with Crippen molar-refractivity contribution in [3.63, 3.8) is 0 Å². The lowest BCUT2D eigenvalue weighted by Gasteiger charge is -2.24. The summed E-state index contributed by atoms with van der Waals surface area (Å²) in [7, 11) is -3.26. The van der Waals surface area contributed by atoms with Gasteiger partial charge in [0.15, 0.2) is 0 Å². The highest BCUT2D eigenvalue weighted by Gasteiger charge is 2.42. The maximum Gasteiger partial charge on any atom is 0.326 e. The van der Waals surface area contributed by atoms with Gasteiger partial charge in [0.25, 0.3) is 0 Å². The summed E-state index contributed by atoms with van der Waals surface area (Å²) >= 11 is 0. The predicted molar refractivity (Wildman–Crippen MR) is 127 cm³/mol. The van der Waals surface area contributed by atoms with E-state index in [0.717, 1.165) is 12.8 Å². The Balaban J connectivity index is 1.59. The summed E-state index contributed by atoms with van der Waals surface area (Å²) in [5.41, 5.74) is 1.19. The van der Waals surface area contributed by atoms with Crippen molar-refractivity contribution >= 4 is 19.2 Å². The Labute approximate surface area is 199 Å². The van der Waals surface area contributed by atoms with E-state index in [4.69, 9.17) is 9.26 Å². The van der Waals surface area contributed by atoms with Gasteiger partial charge >= 0.3 is 5.97 Å². The first kappa shape index (κ1) is 25.9. The van der Waals surface area contributed by atoms with E-state index in [0.29, 0.717) is 12.2 Å². The number of rotatable bonds is 12. The lowest BCUT2D eigenvalue weighted by molar-refractivity contribution is -0.147. The van der Waals surface area contributed by atoms with Gasteiger partial charge in [-0.25, -0.2) is 9.18 Å². The molecule has 1 N–H and O–H groups in total. The largest absolute Gasteiger partial charge is 0.488 e. The van der Waals surface area contributed by atoms with Crippen LogP contribution >= 0.6 is 7.37 Å². The Morgan fingerprint density at radius 2 is 1.82 bits per heavy atom. The SMILES string of the molecule is CCOP(=O)(CCCCc1ccccc1)CC(=O)N1CC(Oc2ccc(F)cc2)C[C@H]1C(=O)O. The molecule has 1 aliphatic rings. The molecule has 3 atom stereocenters. The van der Waals surface area contributed by atoms with Crippen LogP contribution in [0.3, 0.4) is 0 Å². The van der Waals surface area contributed by atoms with Crippen LogP contribution in [-0.4, -0.2) is 59.5 Å². The van der Waals surface area contributed by atoms with Crippen LogP contribution in [0.2, 0.25) is 0 Å². The first-order chi connectivity index (χ1) is 16.3. The number of carboxylic acid groups (broad SMARTS) is 1. The van der Waals surface area contributed by atoms with Gasteiger partial charge in [-0.3, -0.25) is 9.36 Å². The average Bonchev–Trinajstić information content (AvgIpc) is 3.24. The number of nitrogens with zero attached hydrogens (tertiary/aromatic N) is 1. The highest BCUT2D eigenvalue weighted by atomic mass is 31.2. The molecule has 0 bridgehead atoms. The van der Waals surface area contributed by atoms with Crippen LogP contribution in [0.1, 0.15) is 31.7 Å². The Bertz CT molecular complexity index is 1000. The molecule has 1 amide bonds. The fourth-order valence-electron chi connectivity index (χ4n) is 4.15. The third kappa shape index (κ3) is 7.40. The van der Waals surface area contributed by atoms with Crippen molar-refractivity contribution in [1.29, 1.82) is 0 Å². The van der Waals surface area contributed by atoms with Crippen LogP contribution < -0.4 is 4.74 Å². The molecule has 1 fully saturated rings. The van der Waals surface area contributed by atoms with E-state index < -0.39 is 37.2 Å². The summed E-state index contributed by atoms with van der Waals surface area (Å²) in [5.74, 6) is -1.68. The first-order valence-electron chi connectivity index (χ1n) is 11.5. The third-order valence-electron chi connectivity index (χ3n) is 5.78. The highest BCUT2D eigenvalue weighted by Crippen LogP contribution is 2.48. The number of hydrogen-bond donors (Lipinski definition) is 1. The molecule has 184 valence electrons. The van der Waals surface area contributed by atoms with E-state index in [1.807, 2.05) is 30.3 Å². The van der Waals surface area contributed by atoms with E-state index in [9.17, 15) is 23.7 Å². The van der Waals surface area contributed by atoms with Crippen molar-refractivity contribution in [2.45, 2.75) is 44.8 Å². The number of likely N-dealkylation sites (tertiary alicyclic amines) is 1. The lowest BCUT2D eigenvalue weighted by Crippen LogP contribution is -2.42. The molecule has 0 aromatic heterocycles. The molecule has 0 radical (unpaired) electrons. The number of aryl methyl sites for hydroxylation is 1. The number of hydrogen-bond acceptors (Lipinski definition) is 5. The van der Waals surface area contributed by atoms with Gasteiger partial charge in [-0.2, -0.15) is 0 Å². The van der Waals surface area contributed by atoms with Gasteiger partial charge in [-0.15, -0.1) is 0 Å². The second kappa shape index (κ2) is 12.1. The summed E-state index contributed by atoms with van der Waals surface area (Å²) < 4.78 is 37.8. The van der Waals surface area contributed by atoms with E-state index in [1.165, 1.54) is 34.7 Å². The topological polar surface area (TPSA) is 93.1 Å². The first-order valence-corrected chi connectivity index (χ1v) is 13.5. The number of carboxylic acids is 1. The molecule has 3 rings (SSSR count). The molecular weight excluding hydrogens is 460 g/mol. The van der Waals surface area contributed by atoms with Crippen LogP contribution in [0, 0.1) is 5.82 Å². The normalized spacial score (nSPS) is 19.5. The van der Waals surface area contributed by atoms with Crippen LogP contribution in [-0.2, 0) is 25.1 Å². The smallest absolute Gasteiger partial charge is 0.326 e. The number of benzene rings is 2. The second-order valence-corrected chi connectivity index (χ2v) is 11.0. The maximum absolute atomic E-state index is 13.4. The van der Waals surface area contributed by atoms with Gasteiger partial charge in [-0.1, -0.05) is 30.3 Å². The van der Waals surface area contributed by atoms with E-state index >= 15 is 0 Å². The maximum atomic E-state index is 13.4.